The second-order valence-electron chi connectivity index (χ2n) is 7.30. The van der Waals surface area contributed by atoms with Crippen LogP contribution in [-0.4, -0.2) is 18.5 Å². The van der Waals surface area contributed by atoms with Gasteiger partial charge in [0.2, 0.25) is 5.91 Å². The van der Waals surface area contributed by atoms with E-state index in [-0.39, 0.29) is 6.04 Å². The van der Waals surface area contributed by atoms with Crippen LogP contribution >= 0.6 is 0 Å². The molecule has 4 bridgehead atoms. The Morgan fingerprint density at radius 1 is 1.16 bits per heavy atom. The van der Waals surface area contributed by atoms with Gasteiger partial charge in [0.15, 0.2) is 0 Å². The van der Waals surface area contributed by atoms with Gasteiger partial charge in [-0.25, -0.2) is 0 Å². The molecule has 0 aromatic rings. The summed E-state index contributed by atoms with van der Waals surface area (Å²) in [5.74, 6) is 3.95. The highest BCUT2D eigenvalue weighted by molar-refractivity contribution is 5.80. The highest BCUT2D eigenvalue weighted by atomic mass is 16.2. The van der Waals surface area contributed by atoms with Crippen molar-refractivity contribution in [2.24, 2.45) is 35.3 Å². The van der Waals surface area contributed by atoms with Crippen molar-refractivity contribution < 1.29 is 4.79 Å². The molecule has 0 aromatic carbocycles. The summed E-state index contributed by atoms with van der Waals surface area (Å²) < 4.78 is 0. The summed E-state index contributed by atoms with van der Waals surface area (Å²) in [6.07, 6.45) is 8.75. The van der Waals surface area contributed by atoms with E-state index in [4.69, 9.17) is 5.73 Å². The van der Waals surface area contributed by atoms with Gasteiger partial charge in [0.05, 0.1) is 0 Å². The number of hydrogen-bond donors (Lipinski definition) is 2. The van der Waals surface area contributed by atoms with Gasteiger partial charge in [0.1, 0.15) is 0 Å². The fourth-order valence-corrected chi connectivity index (χ4v) is 5.19. The number of rotatable bonds is 5. The third kappa shape index (κ3) is 2.67. The molecule has 0 aromatic heterocycles. The zero-order chi connectivity index (χ0) is 13.4. The Bertz CT molecular complexity index is 314. The van der Waals surface area contributed by atoms with Crippen LogP contribution in [0, 0.1) is 29.6 Å². The lowest BCUT2D eigenvalue weighted by molar-refractivity contribution is -0.138. The maximum absolute atomic E-state index is 12.6. The average Bonchev–Trinajstić information content (AvgIpc) is 2.35. The van der Waals surface area contributed by atoms with Crippen LogP contribution in [0.5, 0.6) is 0 Å². The van der Waals surface area contributed by atoms with E-state index in [0.29, 0.717) is 23.7 Å². The maximum Gasteiger partial charge on any atom is 0.223 e. The quantitative estimate of drug-likeness (QED) is 0.800. The number of carbonyl (C=O) groups is 1. The van der Waals surface area contributed by atoms with E-state index in [2.05, 4.69) is 12.2 Å². The number of nitrogens with two attached hydrogens (primary N) is 1. The number of nitrogens with one attached hydrogen (secondary N) is 1. The molecule has 4 saturated carbocycles. The monoisotopic (exact) mass is 264 g/mol. The Balaban J connectivity index is 1.58. The highest BCUT2D eigenvalue weighted by Crippen LogP contribution is 2.56. The van der Waals surface area contributed by atoms with Gasteiger partial charge in [0.25, 0.3) is 0 Å². The van der Waals surface area contributed by atoms with Crippen molar-refractivity contribution in [2.75, 3.05) is 6.54 Å². The Kier molecular flexibility index (Phi) is 3.84. The maximum atomic E-state index is 12.6. The second kappa shape index (κ2) is 5.43. The van der Waals surface area contributed by atoms with Gasteiger partial charge in [-0.2, -0.15) is 0 Å². The Morgan fingerprint density at radius 3 is 2.26 bits per heavy atom. The van der Waals surface area contributed by atoms with E-state index in [1.807, 2.05) is 0 Å². The topological polar surface area (TPSA) is 55.1 Å². The number of carbonyl (C=O) groups excluding carboxylic acids is 1. The largest absolute Gasteiger partial charge is 0.353 e. The summed E-state index contributed by atoms with van der Waals surface area (Å²) in [5, 5.41) is 3.25. The number of amides is 1. The van der Waals surface area contributed by atoms with E-state index < -0.39 is 0 Å². The van der Waals surface area contributed by atoms with Gasteiger partial charge in [0, 0.05) is 12.0 Å². The zero-order valence-corrected chi connectivity index (χ0v) is 12.1. The molecular weight excluding hydrogens is 236 g/mol. The second-order valence-corrected chi connectivity index (χ2v) is 7.30. The van der Waals surface area contributed by atoms with Gasteiger partial charge in [-0.1, -0.05) is 0 Å². The molecule has 0 spiro atoms. The number of hydrogen-bond acceptors (Lipinski definition) is 2. The van der Waals surface area contributed by atoms with E-state index >= 15 is 0 Å². The molecule has 3 N–H and O–H groups in total. The molecule has 108 valence electrons. The average molecular weight is 264 g/mol. The van der Waals surface area contributed by atoms with Gasteiger partial charge in [-0.3, -0.25) is 4.79 Å². The summed E-state index contributed by atoms with van der Waals surface area (Å²) in [7, 11) is 0. The predicted molar refractivity (Wildman–Crippen MR) is 76.4 cm³/mol. The lowest BCUT2D eigenvalue weighted by Crippen LogP contribution is -2.52. The fraction of sp³-hybridized carbons (Fsp3) is 0.938. The van der Waals surface area contributed by atoms with Crippen LogP contribution in [0.15, 0.2) is 0 Å². The molecule has 4 aliphatic rings. The first kappa shape index (κ1) is 13.4. The standard InChI is InChI=1S/C16H28N2O/c1-10(3-2-4-17)18-16(19)15-13-6-11-5-12(8-13)9-14(15)7-11/h10-15H,2-9,17H2,1H3,(H,18,19). The van der Waals surface area contributed by atoms with Gasteiger partial charge in [-0.05, 0) is 82.1 Å². The van der Waals surface area contributed by atoms with Crippen molar-refractivity contribution in [1.29, 1.82) is 0 Å². The molecule has 4 fully saturated rings. The molecule has 3 nitrogen and oxygen atoms in total. The molecule has 1 unspecified atom stereocenters. The molecule has 0 radical (unpaired) electrons. The van der Waals surface area contributed by atoms with E-state index in [1.165, 1.54) is 32.1 Å². The third-order valence-corrected chi connectivity index (χ3v) is 5.76. The van der Waals surface area contributed by atoms with E-state index in [1.54, 1.807) is 0 Å². The molecule has 0 aliphatic heterocycles. The molecule has 3 heteroatoms. The van der Waals surface area contributed by atoms with E-state index in [9.17, 15) is 4.79 Å². The molecule has 0 saturated heterocycles. The SMILES string of the molecule is CC(CCCN)NC(=O)C1C2CC3CC(C2)CC1C3. The summed E-state index contributed by atoms with van der Waals surface area (Å²) >= 11 is 0. The molecule has 1 atom stereocenters. The smallest absolute Gasteiger partial charge is 0.223 e. The van der Waals surface area contributed by atoms with Crippen LogP contribution in [0.3, 0.4) is 0 Å². The third-order valence-electron chi connectivity index (χ3n) is 5.76. The molecule has 19 heavy (non-hydrogen) atoms. The normalized spacial score (nSPS) is 41.3. The molecule has 4 aliphatic carbocycles. The van der Waals surface area contributed by atoms with Gasteiger partial charge >= 0.3 is 0 Å². The van der Waals surface area contributed by atoms with Crippen molar-refractivity contribution in [1.82, 2.24) is 5.32 Å². The first-order valence-electron chi connectivity index (χ1n) is 8.17. The van der Waals surface area contributed by atoms with Crippen LogP contribution in [0.2, 0.25) is 0 Å². The Labute approximate surface area is 116 Å². The van der Waals surface area contributed by atoms with E-state index in [0.717, 1.165) is 31.2 Å². The van der Waals surface area contributed by atoms with Crippen molar-refractivity contribution >= 4 is 5.91 Å². The van der Waals surface area contributed by atoms with Gasteiger partial charge < -0.3 is 11.1 Å². The van der Waals surface area contributed by atoms with Crippen molar-refractivity contribution in [2.45, 2.75) is 57.9 Å². The Morgan fingerprint density at radius 2 is 1.74 bits per heavy atom. The summed E-state index contributed by atoms with van der Waals surface area (Å²) in [6.45, 7) is 2.84. The molecular formula is C16H28N2O. The van der Waals surface area contributed by atoms with Crippen LogP contribution < -0.4 is 11.1 Å². The van der Waals surface area contributed by atoms with Gasteiger partial charge in [-0.15, -0.1) is 0 Å². The summed E-state index contributed by atoms with van der Waals surface area (Å²) in [6, 6.07) is 0.285. The highest BCUT2D eigenvalue weighted by Gasteiger charge is 2.50. The van der Waals surface area contributed by atoms with Crippen LogP contribution in [0.4, 0.5) is 0 Å². The summed E-state index contributed by atoms with van der Waals surface area (Å²) in [4.78, 5) is 12.6. The molecule has 1 amide bonds. The summed E-state index contributed by atoms with van der Waals surface area (Å²) in [5.41, 5.74) is 5.53. The lowest BCUT2D eigenvalue weighted by Gasteiger charge is -2.53. The minimum absolute atomic E-state index is 0.285. The fourth-order valence-electron chi connectivity index (χ4n) is 5.19. The zero-order valence-electron chi connectivity index (χ0n) is 12.1. The lowest BCUT2D eigenvalue weighted by atomic mass is 9.51. The van der Waals surface area contributed by atoms with Crippen LogP contribution in [-0.2, 0) is 4.79 Å². The van der Waals surface area contributed by atoms with Crippen LogP contribution in [0.1, 0.15) is 51.9 Å². The molecule has 0 heterocycles. The Hall–Kier alpha value is -0.570. The molecule has 4 rings (SSSR count). The minimum atomic E-state index is 0.285. The first-order chi connectivity index (χ1) is 9.17. The van der Waals surface area contributed by atoms with Crippen molar-refractivity contribution in [3.05, 3.63) is 0 Å². The predicted octanol–water partition coefficient (Wildman–Crippen LogP) is 2.30. The van der Waals surface area contributed by atoms with Crippen molar-refractivity contribution in [3.8, 4) is 0 Å². The van der Waals surface area contributed by atoms with Crippen LogP contribution in [0.25, 0.3) is 0 Å². The first-order valence-corrected chi connectivity index (χ1v) is 8.17. The van der Waals surface area contributed by atoms with Crippen molar-refractivity contribution in [3.63, 3.8) is 0 Å². The minimum Gasteiger partial charge on any atom is -0.353 e.